The molecule has 1 aliphatic heterocycles. The molecule has 0 radical (unpaired) electrons. The van der Waals surface area contributed by atoms with Crippen LogP contribution in [0.5, 0.6) is 0 Å². The molecule has 98 valence electrons. The number of halogens is 1. The van der Waals surface area contributed by atoms with Gasteiger partial charge in [-0.05, 0) is 29.3 Å². The van der Waals surface area contributed by atoms with E-state index in [4.69, 9.17) is 5.53 Å². The maximum atomic E-state index is 12.5. The number of amides is 1. The van der Waals surface area contributed by atoms with Gasteiger partial charge in [0, 0.05) is 20.6 Å². The van der Waals surface area contributed by atoms with E-state index in [0.717, 1.165) is 4.47 Å². The highest BCUT2D eigenvalue weighted by atomic mass is 79.9. The lowest BCUT2D eigenvalue weighted by molar-refractivity contribution is -0.119. The molecule has 0 saturated heterocycles. The van der Waals surface area contributed by atoms with Crippen molar-refractivity contribution in [3.05, 3.63) is 74.6 Å². The molecule has 6 heteroatoms. The van der Waals surface area contributed by atoms with E-state index in [-0.39, 0.29) is 5.91 Å². The van der Waals surface area contributed by atoms with Crippen molar-refractivity contribution in [3.8, 4) is 0 Å². The lowest BCUT2D eigenvalue weighted by atomic mass is 9.85. The van der Waals surface area contributed by atoms with Gasteiger partial charge in [-0.25, -0.2) is 0 Å². The molecule has 1 aliphatic rings. The molecule has 20 heavy (non-hydrogen) atoms. The highest BCUT2D eigenvalue weighted by Crippen LogP contribution is 2.45. The first-order valence-corrected chi connectivity index (χ1v) is 6.71. The van der Waals surface area contributed by atoms with Gasteiger partial charge in [-0.2, -0.15) is 0 Å². The average Bonchev–Trinajstić information content (AvgIpc) is 2.74. The van der Waals surface area contributed by atoms with Crippen molar-refractivity contribution in [3.63, 3.8) is 0 Å². The van der Waals surface area contributed by atoms with E-state index in [1.165, 1.54) is 0 Å². The summed E-state index contributed by atoms with van der Waals surface area (Å²) in [7, 11) is 0. The molecular weight excluding hydrogens is 320 g/mol. The predicted molar refractivity (Wildman–Crippen MR) is 79.1 cm³/mol. The van der Waals surface area contributed by atoms with Crippen LogP contribution in [0.3, 0.4) is 0 Å². The molecule has 1 unspecified atom stereocenters. The zero-order valence-electron chi connectivity index (χ0n) is 10.2. The molecule has 0 saturated carbocycles. The third-order valence-corrected chi connectivity index (χ3v) is 3.83. The van der Waals surface area contributed by atoms with E-state index < -0.39 is 5.54 Å². The number of rotatable bonds is 2. The molecule has 5 nitrogen and oxygen atoms in total. The van der Waals surface area contributed by atoms with Crippen LogP contribution >= 0.6 is 15.9 Å². The molecule has 0 aromatic heterocycles. The molecular formula is C14H9BrN4O. The maximum absolute atomic E-state index is 12.5. The van der Waals surface area contributed by atoms with Crippen molar-refractivity contribution in [2.24, 2.45) is 5.11 Å². The van der Waals surface area contributed by atoms with Crippen molar-refractivity contribution in [2.75, 3.05) is 5.32 Å². The van der Waals surface area contributed by atoms with Gasteiger partial charge < -0.3 is 5.32 Å². The van der Waals surface area contributed by atoms with Gasteiger partial charge in [-0.1, -0.05) is 51.4 Å². The van der Waals surface area contributed by atoms with Crippen molar-refractivity contribution in [1.82, 2.24) is 0 Å². The number of nitrogens with one attached hydrogen (secondary N) is 1. The smallest absolute Gasteiger partial charge is 0.245 e. The van der Waals surface area contributed by atoms with Gasteiger partial charge in [0.2, 0.25) is 5.91 Å². The van der Waals surface area contributed by atoms with Crippen molar-refractivity contribution < 1.29 is 4.79 Å². The summed E-state index contributed by atoms with van der Waals surface area (Å²) in [6.07, 6.45) is 0. The number of hydrogen-bond acceptors (Lipinski definition) is 2. The monoisotopic (exact) mass is 328 g/mol. The predicted octanol–water partition coefficient (Wildman–Crippen LogP) is 3.96. The van der Waals surface area contributed by atoms with Gasteiger partial charge in [0.05, 0.1) is 0 Å². The van der Waals surface area contributed by atoms with E-state index in [1.807, 2.05) is 24.3 Å². The van der Waals surface area contributed by atoms with Crippen LogP contribution in [0.4, 0.5) is 5.69 Å². The standard InChI is InChI=1S/C14H9BrN4O/c15-10-6-7-12-11(8-10)14(18-19-16,13(20)17-12)9-4-2-1-3-5-9/h1-8H,(H,17,20). The molecule has 0 bridgehead atoms. The first-order valence-electron chi connectivity index (χ1n) is 5.92. The molecule has 0 aliphatic carbocycles. The fourth-order valence-electron chi connectivity index (χ4n) is 2.45. The zero-order chi connectivity index (χ0) is 14.2. The Morgan fingerprint density at radius 1 is 1.20 bits per heavy atom. The highest BCUT2D eigenvalue weighted by Gasteiger charge is 2.48. The second kappa shape index (κ2) is 4.67. The molecule has 0 spiro atoms. The summed E-state index contributed by atoms with van der Waals surface area (Å²) in [6, 6.07) is 14.5. The SMILES string of the molecule is [N-]=[N+]=NC1(c2ccccc2)C(=O)Nc2ccc(Br)cc21. The fraction of sp³-hybridized carbons (Fsp3) is 0.0714. The normalized spacial score (nSPS) is 19.9. The van der Waals surface area contributed by atoms with Crippen LogP contribution in [0, 0.1) is 0 Å². The Morgan fingerprint density at radius 2 is 1.95 bits per heavy atom. The second-order valence-corrected chi connectivity index (χ2v) is 5.33. The molecule has 2 aromatic carbocycles. The number of benzene rings is 2. The number of carbonyl (C=O) groups is 1. The van der Waals surface area contributed by atoms with Crippen LogP contribution in [0.2, 0.25) is 0 Å². The van der Waals surface area contributed by atoms with E-state index >= 15 is 0 Å². The Balaban J connectivity index is 2.35. The topological polar surface area (TPSA) is 77.9 Å². The summed E-state index contributed by atoms with van der Waals surface area (Å²) in [4.78, 5) is 15.4. The minimum atomic E-state index is -1.35. The first kappa shape index (κ1) is 12.7. The number of hydrogen-bond donors (Lipinski definition) is 1. The molecule has 2 aromatic rings. The number of fused-ring (bicyclic) bond motifs is 1. The quantitative estimate of drug-likeness (QED) is 0.505. The number of azide groups is 1. The van der Waals surface area contributed by atoms with Crippen LogP contribution in [-0.4, -0.2) is 5.91 Å². The summed E-state index contributed by atoms with van der Waals surface area (Å²) < 4.78 is 0.821. The minimum Gasteiger partial charge on any atom is -0.325 e. The van der Waals surface area contributed by atoms with Gasteiger partial charge in [-0.3, -0.25) is 4.79 Å². The molecule has 3 rings (SSSR count). The zero-order valence-corrected chi connectivity index (χ0v) is 11.8. The van der Waals surface area contributed by atoms with Crippen LogP contribution in [0.25, 0.3) is 10.4 Å². The summed E-state index contributed by atoms with van der Waals surface area (Å²) in [5, 5.41) is 6.61. The van der Waals surface area contributed by atoms with Crippen LogP contribution in [0.1, 0.15) is 11.1 Å². The van der Waals surface area contributed by atoms with Crippen LogP contribution in [-0.2, 0) is 10.3 Å². The van der Waals surface area contributed by atoms with E-state index in [9.17, 15) is 4.79 Å². The van der Waals surface area contributed by atoms with Gasteiger partial charge >= 0.3 is 0 Å². The average molecular weight is 329 g/mol. The minimum absolute atomic E-state index is 0.338. The van der Waals surface area contributed by atoms with E-state index in [2.05, 4.69) is 31.3 Å². The second-order valence-electron chi connectivity index (χ2n) is 4.41. The van der Waals surface area contributed by atoms with E-state index in [0.29, 0.717) is 16.8 Å². The Hall–Kier alpha value is -2.30. The van der Waals surface area contributed by atoms with Gasteiger partial charge in [0.15, 0.2) is 5.54 Å². The molecule has 1 heterocycles. The Morgan fingerprint density at radius 3 is 2.65 bits per heavy atom. The number of anilines is 1. The fourth-order valence-corrected chi connectivity index (χ4v) is 2.81. The van der Waals surface area contributed by atoms with Gasteiger partial charge in [0.1, 0.15) is 0 Å². The third kappa shape index (κ3) is 1.70. The molecule has 1 N–H and O–H groups in total. The van der Waals surface area contributed by atoms with Crippen LogP contribution < -0.4 is 5.32 Å². The highest BCUT2D eigenvalue weighted by molar-refractivity contribution is 9.10. The summed E-state index contributed by atoms with van der Waals surface area (Å²) in [5.74, 6) is -0.338. The summed E-state index contributed by atoms with van der Waals surface area (Å²) in [6.45, 7) is 0. The third-order valence-electron chi connectivity index (χ3n) is 3.33. The van der Waals surface area contributed by atoms with Gasteiger partial charge in [-0.15, -0.1) is 0 Å². The molecule has 1 atom stereocenters. The van der Waals surface area contributed by atoms with Crippen molar-refractivity contribution >= 4 is 27.5 Å². The molecule has 0 fully saturated rings. The van der Waals surface area contributed by atoms with Crippen molar-refractivity contribution in [1.29, 1.82) is 0 Å². The largest absolute Gasteiger partial charge is 0.325 e. The number of nitrogens with zero attached hydrogens (tertiary/aromatic N) is 3. The molecule has 1 amide bonds. The Bertz CT molecular complexity index is 740. The first-order chi connectivity index (χ1) is 9.68. The Labute approximate surface area is 123 Å². The van der Waals surface area contributed by atoms with E-state index in [1.54, 1.807) is 24.3 Å². The maximum Gasteiger partial charge on any atom is 0.245 e. The van der Waals surface area contributed by atoms with Crippen molar-refractivity contribution in [2.45, 2.75) is 5.54 Å². The lowest BCUT2D eigenvalue weighted by Crippen LogP contribution is -2.33. The van der Waals surface area contributed by atoms with Gasteiger partial charge in [0.25, 0.3) is 0 Å². The summed E-state index contributed by atoms with van der Waals surface area (Å²) >= 11 is 3.39. The van der Waals surface area contributed by atoms with Crippen LogP contribution in [0.15, 0.2) is 58.1 Å². The Kier molecular flexibility index (Phi) is 2.97. The lowest BCUT2D eigenvalue weighted by Gasteiger charge is -2.22. The summed E-state index contributed by atoms with van der Waals surface area (Å²) in [5.41, 5.74) is 9.54. The number of carbonyl (C=O) groups excluding carboxylic acids is 1.